The molecule has 0 aromatic heterocycles. The molecule has 0 aliphatic carbocycles. The second kappa shape index (κ2) is 6.59. The van der Waals surface area contributed by atoms with Crippen LogP contribution in [0.2, 0.25) is 0 Å². The largest absolute Gasteiger partial charge is 0.495 e. The first-order valence-electron chi connectivity index (χ1n) is 8.36. The van der Waals surface area contributed by atoms with Gasteiger partial charge in [0.05, 0.1) is 25.9 Å². The van der Waals surface area contributed by atoms with Gasteiger partial charge in [0, 0.05) is 25.2 Å². The van der Waals surface area contributed by atoms with Crippen molar-refractivity contribution in [1.82, 2.24) is 4.31 Å². The lowest BCUT2D eigenvalue weighted by Crippen LogP contribution is -2.55. The number of hydrogen-bond donors (Lipinski definition) is 0. The van der Waals surface area contributed by atoms with E-state index in [1.165, 1.54) is 11.4 Å². The Morgan fingerprint density at radius 1 is 1.24 bits per heavy atom. The number of sulfonamides is 1. The number of carbonyl (C=O) groups is 1. The number of rotatable bonds is 4. The first-order valence-corrected chi connectivity index (χ1v) is 9.80. The van der Waals surface area contributed by atoms with Gasteiger partial charge in [-0.05, 0) is 38.5 Å². The summed E-state index contributed by atoms with van der Waals surface area (Å²) in [7, 11) is -2.35. The Morgan fingerprint density at radius 3 is 2.60 bits per heavy atom. The van der Waals surface area contributed by atoms with Crippen LogP contribution in [0, 0.1) is 0 Å². The van der Waals surface area contributed by atoms with Crippen LogP contribution in [0.1, 0.15) is 26.7 Å². The van der Waals surface area contributed by atoms with E-state index in [1.54, 1.807) is 23.1 Å². The first-order chi connectivity index (χ1) is 11.8. The molecule has 2 aliphatic rings. The van der Waals surface area contributed by atoms with Crippen LogP contribution in [0.3, 0.4) is 0 Å². The number of methoxy groups -OCH3 is 1. The molecule has 138 valence electrons. The highest BCUT2D eigenvalue weighted by molar-refractivity contribution is 7.89. The van der Waals surface area contributed by atoms with Crippen molar-refractivity contribution in [2.24, 2.45) is 0 Å². The van der Waals surface area contributed by atoms with E-state index in [0.29, 0.717) is 31.9 Å². The maximum atomic E-state index is 13.3. The highest BCUT2D eigenvalue weighted by Crippen LogP contribution is 2.35. The Morgan fingerprint density at radius 2 is 2.00 bits per heavy atom. The average Bonchev–Trinajstić information content (AvgIpc) is 2.99. The van der Waals surface area contributed by atoms with Gasteiger partial charge in [-0.1, -0.05) is 0 Å². The van der Waals surface area contributed by atoms with E-state index in [-0.39, 0.29) is 23.1 Å². The molecule has 0 N–H and O–H groups in total. The normalized spacial score (nSPS) is 21.6. The standard InChI is InChI=1S/C17H24N2O5S/c1-17(2)12-24-10-9-19(17)25(21,22)15-11-13(6-7-14(15)23-3)18-8-4-5-16(18)20/h6-7,11H,4-5,8-10,12H2,1-3H3. The topological polar surface area (TPSA) is 76.2 Å². The van der Waals surface area contributed by atoms with E-state index in [1.807, 2.05) is 13.8 Å². The summed E-state index contributed by atoms with van der Waals surface area (Å²) >= 11 is 0. The molecule has 0 unspecified atom stereocenters. The minimum absolute atomic E-state index is 0.0141. The van der Waals surface area contributed by atoms with Crippen molar-refractivity contribution in [3.05, 3.63) is 18.2 Å². The Kier molecular flexibility index (Phi) is 4.78. The van der Waals surface area contributed by atoms with Gasteiger partial charge in [0.25, 0.3) is 0 Å². The first kappa shape index (κ1) is 18.2. The summed E-state index contributed by atoms with van der Waals surface area (Å²) in [6, 6.07) is 4.88. The van der Waals surface area contributed by atoms with Crippen molar-refractivity contribution in [2.45, 2.75) is 37.1 Å². The van der Waals surface area contributed by atoms with Crippen LogP contribution in [0.5, 0.6) is 5.75 Å². The number of ether oxygens (including phenoxy) is 2. The number of amides is 1. The SMILES string of the molecule is COc1ccc(N2CCCC2=O)cc1S(=O)(=O)N1CCOCC1(C)C. The van der Waals surface area contributed by atoms with Gasteiger partial charge in [-0.2, -0.15) is 4.31 Å². The third-order valence-electron chi connectivity index (χ3n) is 4.67. The number of morpholine rings is 1. The summed E-state index contributed by atoms with van der Waals surface area (Å²) in [5, 5.41) is 0. The summed E-state index contributed by atoms with van der Waals surface area (Å²) in [5.74, 6) is 0.290. The number of benzene rings is 1. The van der Waals surface area contributed by atoms with Gasteiger partial charge < -0.3 is 14.4 Å². The van der Waals surface area contributed by atoms with Crippen molar-refractivity contribution in [3.8, 4) is 5.75 Å². The van der Waals surface area contributed by atoms with Crippen LogP contribution >= 0.6 is 0 Å². The summed E-state index contributed by atoms with van der Waals surface area (Å²) < 4.78 is 38.8. The Balaban J connectivity index is 2.06. The van der Waals surface area contributed by atoms with E-state index >= 15 is 0 Å². The van der Waals surface area contributed by atoms with Crippen molar-refractivity contribution in [1.29, 1.82) is 0 Å². The lowest BCUT2D eigenvalue weighted by molar-refractivity contribution is -0.117. The van der Waals surface area contributed by atoms with Crippen molar-refractivity contribution < 1.29 is 22.7 Å². The molecule has 2 fully saturated rings. The van der Waals surface area contributed by atoms with Crippen molar-refractivity contribution in [3.63, 3.8) is 0 Å². The van der Waals surface area contributed by atoms with Crippen LogP contribution in [-0.2, 0) is 19.6 Å². The van der Waals surface area contributed by atoms with Gasteiger partial charge >= 0.3 is 0 Å². The molecular weight excluding hydrogens is 344 g/mol. The molecule has 0 atom stereocenters. The number of anilines is 1. The fourth-order valence-corrected chi connectivity index (χ4v) is 5.30. The summed E-state index contributed by atoms with van der Waals surface area (Å²) in [5.41, 5.74) is -0.0605. The molecule has 25 heavy (non-hydrogen) atoms. The van der Waals surface area contributed by atoms with Crippen LogP contribution in [0.25, 0.3) is 0 Å². The summed E-state index contributed by atoms with van der Waals surface area (Å²) in [4.78, 5) is 13.7. The molecule has 0 radical (unpaired) electrons. The molecule has 2 saturated heterocycles. The third kappa shape index (κ3) is 3.26. The fraction of sp³-hybridized carbons (Fsp3) is 0.588. The molecule has 3 rings (SSSR count). The zero-order chi connectivity index (χ0) is 18.2. The quantitative estimate of drug-likeness (QED) is 0.807. The average molecular weight is 368 g/mol. The van der Waals surface area contributed by atoms with Crippen LogP contribution < -0.4 is 9.64 Å². The smallest absolute Gasteiger partial charge is 0.247 e. The molecule has 2 aliphatic heterocycles. The van der Waals surface area contributed by atoms with Crippen LogP contribution in [0.4, 0.5) is 5.69 Å². The molecule has 8 heteroatoms. The van der Waals surface area contributed by atoms with Gasteiger partial charge in [0.1, 0.15) is 10.6 Å². The van der Waals surface area contributed by atoms with Gasteiger partial charge in [-0.25, -0.2) is 8.42 Å². The Hall–Kier alpha value is -1.64. The monoisotopic (exact) mass is 368 g/mol. The maximum Gasteiger partial charge on any atom is 0.247 e. The Bertz CT molecular complexity index is 775. The van der Waals surface area contributed by atoms with Crippen molar-refractivity contribution >= 4 is 21.6 Å². The van der Waals surface area contributed by atoms with Gasteiger partial charge in [-0.15, -0.1) is 0 Å². The summed E-state index contributed by atoms with van der Waals surface area (Å²) in [6.45, 7) is 5.25. The van der Waals surface area contributed by atoms with Crippen LogP contribution in [-0.4, -0.2) is 57.6 Å². The molecular formula is C17H24N2O5S. The molecule has 1 amide bonds. The maximum absolute atomic E-state index is 13.3. The van der Waals surface area contributed by atoms with E-state index in [0.717, 1.165) is 6.42 Å². The van der Waals surface area contributed by atoms with E-state index in [9.17, 15) is 13.2 Å². The number of nitrogens with zero attached hydrogens (tertiary/aromatic N) is 2. The predicted molar refractivity (Wildman–Crippen MR) is 93.4 cm³/mol. The van der Waals surface area contributed by atoms with Gasteiger partial charge in [0.2, 0.25) is 15.9 Å². The van der Waals surface area contributed by atoms with Gasteiger partial charge in [-0.3, -0.25) is 4.79 Å². The van der Waals surface area contributed by atoms with E-state index in [4.69, 9.17) is 9.47 Å². The fourth-order valence-electron chi connectivity index (χ4n) is 3.36. The minimum Gasteiger partial charge on any atom is -0.495 e. The molecule has 0 bridgehead atoms. The molecule has 0 spiro atoms. The third-order valence-corrected chi connectivity index (χ3v) is 6.80. The molecule has 2 heterocycles. The van der Waals surface area contributed by atoms with E-state index in [2.05, 4.69) is 0 Å². The van der Waals surface area contributed by atoms with Crippen molar-refractivity contribution in [2.75, 3.05) is 38.3 Å². The highest BCUT2D eigenvalue weighted by Gasteiger charge is 2.41. The molecule has 1 aromatic rings. The lowest BCUT2D eigenvalue weighted by atomic mass is 10.1. The number of carbonyl (C=O) groups excluding carboxylic acids is 1. The zero-order valence-corrected chi connectivity index (χ0v) is 15.6. The number of hydrogen-bond acceptors (Lipinski definition) is 5. The second-order valence-electron chi connectivity index (χ2n) is 6.93. The second-order valence-corrected chi connectivity index (χ2v) is 8.76. The molecule has 1 aromatic carbocycles. The predicted octanol–water partition coefficient (Wildman–Crippen LogP) is 1.62. The van der Waals surface area contributed by atoms with Crippen LogP contribution in [0.15, 0.2) is 23.1 Å². The highest BCUT2D eigenvalue weighted by atomic mass is 32.2. The lowest BCUT2D eigenvalue weighted by Gasteiger charge is -2.41. The Labute approximate surface area is 148 Å². The zero-order valence-electron chi connectivity index (χ0n) is 14.8. The molecule has 7 nitrogen and oxygen atoms in total. The van der Waals surface area contributed by atoms with E-state index < -0.39 is 15.6 Å². The molecule has 0 saturated carbocycles. The van der Waals surface area contributed by atoms with Gasteiger partial charge in [0.15, 0.2) is 0 Å². The summed E-state index contributed by atoms with van der Waals surface area (Å²) in [6.07, 6.45) is 1.27. The minimum atomic E-state index is -3.79.